The van der Waals surface area contributed by atoms with Crippen LogP contribution < -0.4 is 15.0 Å². The molecule has 1 saturated heterocycles. The van der Waals surface area contributed by atoms with Gasteiger partial charge in [-0.1, -0.05) is 29.8 Å². The van der Waals surface area contributed by atoms with Crippen molar-refractivity contribution in [2.75, 3.05) is 38.1 Å². The number of carbonyl (C=O) groups excluding carboxylic acids is 1. The number of aryl methyl sites for hydroxylation is 1. The van der Waals surface area contributed by atoms with Crippen LogP contribution in [0, 0.1) is 6.92 Å². The van der Waals surface area contributed by atoms with Crippen LogP contribution in [0.3, 0.4) is 0 Å². The Bertz CT molecular complexity index is 735. The monoisotopic (exact) mass is 367 g/mol. The molecule has 0 aromatic heterocycles. The lowest BCUT2D eigenvalue weighted by Crippen LogP contribution is -2.44. The van der Waals surface area contributed by atoms with Crippen LogP contribution in [0.5, 0.6) is 5.75 Å². The summed E-state index contributed by atoms with van der Waals surface area (Å²) in [7, 11) is 2.16. The van der Waals surface area contributed by atoms with Crippen LogP contribution in [0.1, 0.15) is 18.1 Å². The number of hydrogen-bond acceptors (Lipinski definition) is 4. The van der Waals surface area contributed by atoms with Gasteiger partial charge in [-0.3, -0.25) is 4.79 Å². The molecule has 2 aromatic carbocycles. The van der Waals surface area contributed by atoms with E-state index in [0.717, 1.165) is 31.7 Å². The molecule has 2 aromatic rings. The number of amides is 1. The molecule has 1 aliphatic rings. The van der Waals surface area contributed by atoms with Gasteiger partial charge >= 0.3 is 0 Å². The van der Waals surface area contributed by atoms with Gasteiger partial charge in [-0.2, -0.15) is 0 Å². The molecule has 1 N–H and O–H groups in total. The van der Waals surface area contributed by atoms with E-state index in [1.54, 1.807) is 6.92 Å². The first-order valence-electron chi connectivity index (χ1n) is 9.55. The zero-order valence-corrected chi connectivity index (χ0v) is 16.4. The normalized spacial score (nSPS) is 16.0. The van der Waals surface area contributed by atoms with Crippen molar-refractivity contribution < 1.29 is 9.53 Å². The molecule has 5 heteroatoms. The average molecular weight is 367 g/mol. The van der Waals surface area contributed by atoms with E-state index in [0.29, 0.717) is 12.3 Å². The van der Waals surface area contributed by atoms with E-state index >= 15 is 0 Å². The number of ether oxygens (including phenoxy) is 1. The lowest BCUT2D eigenvalue weighted by atomic mass is 10.1. The fraction of sp³-hybridized carbons (Fsp3) is 0.409. The molecular weight excluding hydrogens is 338 g/mol. The molecule has 1 atom stereocenters. The number of anilines is 1. The van der Waals surface area contributed by atoms with E-state index < -0.39 is 6.10 Å². The third-order valence-electron chi connectivity index (χ3n) is 4.97. The Morgan fingerprint density at radius 1 is 1.04 bits per heavy atom. The third-order valence-corrected chi connectivity index (χ3v) is 4.97. The van der Waals surface area contributed by atoms with E-state index in [1.165, 1.54) is 11.3 Å². The van der Waals surface area contributed by atoms with Crippen LogP contribution in [0.4, 0.5) is 5.69 Å². The van der Waals surface area contributed by atoms with Crippen molar-refractivity contribution in [3.8, 4) is 5.75 Å². The lowest BCUT2D eigenvalue weighted by molar-refractivity contribution is -0.127. The van der Waals surface area contributed by atoms with Crippen LogP contribution in [0.2, 0.25) is 0 Å². The minimum Gasteiger partial charge on any atom is -0.481 e. The largest absolute Gasteiger partial charge is 0.481 e. The minimum absolute atomic E-state index is 0.112. The molecule has 1 unspecified atom stereocenters. The molecule has 0 spiro atoms. The number of nitrogens with one attached hydrogen (secondary N) is 1. The second kappa shape index (κ2) is 8.91. The van der Waals surface area contributed by atoms with Gasteiger partial charge in [0.1, 0.15) is 5.75 Å². The summed E-state index contributed by atoms with van der Waals surface area (Å²) in [4.78, 5) is 17.0. The Labute approximate surface area is 161 Å². The summed E-state index contributed by atoms with van der Waals surface area (Å²) in [5.74, 6) is 0.596. The quantitative estimate of drug-likeness (QED) is 0.853. The van der Waals surface area contributed by atoms with E-state index in [2.05, 4.69) is 46.4 Å². The third kappa shape index (κ3) is 5.47. The van der Waals surface area contributed by atoms with Gasteiger partial charge in [0.15, 0.2) is 6.10 Å². The number of rotatable bonds is 6. The summed E-state index contributed by atoms with van der Waals surface area (Å²) in [5, 5.41) is 2.95. The summed E-state index contributed by atoms with van der Waals surface area (Å²) < 4.78 is 5.70. The van der Waals surface area contributed by atoms with Crippen molar-refractivity contribution in [2.24, 2.45) is 0 Å². The van der Waals surface area contributed by atoms with Crippen LogP contribution >= 0.6 is 0 Å². The summed E-state index contributed by atoms with van der Waals surface area (Å²) in [6.07, 6.45) is -0.530. The molecule has 0 bridgehead atoms. The average Bonchev–Trinajstić information content (AvgIpc) is 2.69. The second-order valence-corrected chi connectivity index (χ2v) is 7.25. The number of carbonyl (C=O) groups is 1. The van der Waals surface area contributed by atoms with Gasteiger partial charge in [-0.25, -0.2) is 0 Å². The number of likely N-dealkylation sites (N-methyl/N-ethyl adjacent to an activating group) is 1. The molecule has 1 aliphatic heterocycles. The number of hydrogen-bond donors (Lipinski definition) is 1. The maximum absolute atomic E-state index is 12.3. The fourth-order valence-electron chi connectivity index (χ4n) is 3.10. The summed E-state index contributed by atoms with van der Waals surface area (Å²) >= 11 is 0. The molecule has 0 saturated carbocycles. The zero-order valence-electron chi connectivity index (χ0n) is 16.4. The van der Waals surface area contributed by atoms with E-state index in [9.17, 15) is 4.79 Å². The van der Waals surface area contributed by atoms with Crippen molar-refractivity contribution in [3.05, 3.63) is 59.7 Å². The van der Waals surface area contributed by atoms with Crippen LogP contribution in [-0.2, 0) is 11.3 Å². The van der Waals surface area contributed by atoms with Crippen molar-refractivity contribution in [2.45, 2.75) is 26.5 Å². The SMILES string of the molecule is Cc1ccc(OC(C)C(=O)NCc2ccc(N3CCN(C)CC3)cc2)cc1. The van der Waals surface area contributed by atoms with Crippen molar-refractivity contribution in [1.82, 2.24) is 10.2 Å². The Morgan fingerprint density at radius 3 is 2.30 bits per heavy atom. The predicted octanol–water partition coefficient (Wildman–Crippen LogP) is 2.83. The predicted molar refractivity (Wildman–Crippen MR) is 109 cm³/mol. The van der Waals surface area contributed by atoms with Gasteiger partial charge in [-0.15, -0.1) is 0 Å². The first-order chi connectivity index (χ1) is 13.0. The highest BCUT2D eigenvalue weighted by Gasteiger charge is 2.15. The molecule has 1 heterocycles. The number of piperazine rings is 1. The second-order valence-electron chi connectivity index (χ2n) is 7.25. The van der Waals surface area contributed by atoms with Gasteiger partial charge in [0, 0.05) is 38.4 Å². The maximum Gasteiger partial charge on any atom is 0.261 e. The molecule has 27 heavy (non-hydrogen) atoms. The first-order valence-corrected chi connectivity index (χ1v) is 9.55. The molecular formula is C22H29N3O2. The number of nitrogens with zero attached hydrogens (tertiary/aromatic N) is 2. The topological polar surface area (TPSA) is 44.8 Å². The van der Waals surface area contributed by atoms with Crippen LogP contribution in [0.25, 0.3) is 0 Å². The van der Waals surface area contributed by atoms with Gasteiger partial charge in [-0.05, 0) is 50.7 Å². The van der Waals surface area contributed by atoms with E-state index in [1.807, 2.05) is 31.2 Å². The Kier molecular flexibility index (Phi) is 6.35. The lowest BCUT2D eigenvalue weighted by Gasteiger charge is -2.34. The molecule has 5 nitrogen and oxygen atoms in total. The maximum atomic E-state index is 12.3. The standard InChI is InChI=1S/C22H29N3O2/c1-17-4-10-21(11-5-17)27-18(2)22(26)23-16-19-6-8-20(9-7-19)25-14-12-24(3)13-15-25/h4-11,18H,12-16H2,1-3H3,(H,23,26). The Hall–Kier alpha value is -2.53. The molecule has 144 valence electrons. The summed E-state index contributed by atoms with van der Waals surface area (Å²) in [6, 6.07) is 16.2. The summed E-state index contributed by atoms with van der Waals surface area (Å²) in [5.41, 5.74) is 3.50. The van der Waals surface area contributed by atoms with Gasteiger partial charge < -0.3 is 19.9 Å². The van der Waals surface area contributed by atoms with Crippen molar-refractivity contribution in [1.29, 1.82) is 0 Å². The number of benzene rings is 2. The highest BCUT2D eigenvalue weighted by molar-refractivity contribution is 5.80. The van der Waals surface area contributed by atoms with Crippen LogP contribution in [0.15, 0.2) is 48.5 Å². The molecule has 1 fully saturated rings. The minimum atomic E-state index is -0.530. The Morgan fingerprint density at radius 2 is 1.67 bits per heavy atom. The molecule has 1 amide bonds. The highest BCUT2D eigenvalue weighted by Crippen LogP contribution is 2.17. The fourth-order valence-corrected chi connectivity index (χ4v) is 3.10. The highest BCUT2D eigenvalue weighted by atomic mass is 16.5. The van der Waals surface area contributed by atoms with Crippen molar-refractivity contribution >= 4 is 11.6 Å². The molecule has 0 aliphatic carbocycles. The van der Waals surface area contributed by atoms with Gasteiger partial charge in [0.05, 0.1) is 0 Å². The van der Waals surface area contributed by atoms with Crippen molar-refractivity contribution in [3.63, 3.8) is 0 Å². The molecule has 0 radical (unpaired) electrons. The summed E-state index contributed by atoms with van der Waals surface area (Å²) in [6.45, 7) is 8.60. The zero-order chi connectivity index (χ0) is 19.2. The Balaban J connectivity index is 1.47. The van der Waals surface area contributed by atoms with Gasteiger partial charge in [0.2, 0.25) is 0 Å². The van der Waals surface area contributed by atoms with E-state index in [4.69, 9.17) is 4.74 Å². The van der Waals surface area contributed by atoms with E-state index in [-0.39, 0.29) is 5.91 Å². The first kappa shape index (κ1) is 19.2. The smallest absolute Gasteiger partial charge is 0.261 e. The van der Waals surface area contributed by atoms with Gasteiger partial charge in [0.25, 0.3) is 5.91 Å². The molecule has 3 rings (SSSR count). The van der Waals surface area contributed by atoms with Crippen LogP contribution in [-0.4, -0.2) is 50.1 Å².